The summed E-state index contributed by atoms with van der Waals surface area (Å²) in [5.74, 6) is 0.910. The van der Waals surface area contributed by atoms with Crippen LogP contribution in [0.15, 0.2) is 12.4 Å². The van der Waals surface area contributed by atoms with E-state index in [1.807, 2.05) is 17.8 Å². The average Bonchev–Trinajstić information content (AvgIpc) is 2.64. The van der Waals surface area contributed by atoms with Crippen molar-refractivity contribution in [2.75, 3.05) is 18.5 Å². The Morgan fingerprint density at radius 3 is 3.08 bits per heavy atom. The van der Waals surface area contributed by atoms with Gasteiger partial charge < -0.3 is 14.6 Å². The highest BCUT2D eigenvalue weighted by molar-refractivity contribution is 5.30. The van der Waals surface area contributed by atoms with Crippen LogP contribution < -0.4 is 5.32 Å². The maximum Gasteiger partial charge on any atom is 0.203 e. The first-order valence-electron chi connectivity index (χ1n) is 4.53. The molecule has 0 radical (unpaired) electrons. The SMILES string of the molecule is Cn1ccnc1NC1(C)CCOC1. The van der Waals surface area contributed by atoms with Crippen molar-refractivity contribution in [2.24, 2.45) is 7.05 Å². The lowest BCUT2D eigenvalue weighted by Gasteiger charge is -2.23. The number of ether oxygens (including phenoxy) is 1. The molecule has 1 fully saturated rings. The smallest absolute Gasteiger partial charge is 0.203 e. The third kappa shape index (κ3) is 1.67. The van der Waals surface area contributed by atoms with Gasteiger partial charge in [-0.25, -0.2) is 4.98 Å². The van der Waals surface area contributed by atoms with Crippen molar-refractivity contribution >= 4 is 5.95 Å². The molecule has 72 valence electrons. The van der Waals surface area contributed by atoms with Crippen molar-refractivity contribution in [1.29, 1.82) is 0 Å². The maximum absolute atomic E-state index is 5.35. The molecule has 2 rings (SSSR count). The molecule has 4 nitrogen and oxygen atoms in total. The third-order valence-corrected chi connectivity index (χ3v) is 2.45. The molecule has 4 heteroatoms. The van der Waals surface area contributed by atoms with E-state index >= 15 is 0 Å². The van der Waals surface area contributed by atoms with Gasteiger partial charge in [0.15, 0.2) is 0 Å². The van der Waals surface area contributed by atoms with Crippen LogP contribution in [0.1, 0.15) is 13.3 Å². The minimum atomic E-state index is 0.0547. The Morgan fingerprint density at radius 2 is 2.54 bits per heavy atom. The molecule has 0 spiro atoms. The number of hydrogen-bond acceptors (Lipinski definition) is 3. The number of nitrogens with one attached hydrogen (secondary N) is 1. The fourth-order valence-corrected chi connectivity index (χ4v) is 1.52. The van der Waals surface area contributed by atoms with E-state index in [2.05, 4.69) is 17.2 Å². The summed E-state index contributed by atoms with van der Waals surface area (Å²) in [5.41, 5.74) is 0.0547. The molecule has 13 heavy (non-hydrogen) atoms. The van der Waals surface area contributed by atoms with Crippen LogP contribution in [0.2, 0.25) is 0 Å². The number of nitrogens with zero attached hydrogens (tertiary/aromatic N) is 2. The van der Waals surface area contributed by atoms with E-state index in [-0.39, 0.29) is 5.54 Å². The van der Waals surface area contributed by atoms with Gasteiger partial charge in [0, 0.05) is 26.0 Å². The molecule has 0 amide bonds. The number of aromatic nitrogens is 2. The lowest BCUT2D eigenvalue weighted by molar-refractivity contribution is 0.185. The van der Waals surface area contributed by atoms with Gasteiger partial charge in [0.2, 0.25) is 5.95 Å². The van der Waals surface area contributed by atoms with E-state index in [1.54, 1.807) is 6.20 Å². The quantitative estimate of drug-likeness (QED) is 0.740. The molecule has 1 aliphatic rings. The summed E-state index contributed by atoms with van der Waals surface area (Å²) >= 11 is 0. The molecule has 0 bridgehead atoms. The summed E-state index contributed by atoms with van der Waals surface area (Å²) in [4.78, 5) is 4.22. The molecule has 1 saturated heterocycles. The van der Waals surface area contributed by atoms with Crippen LogP contribution in [0.5, 0.6) is 0 Å². The molecule has 1 atom stereocenters. The summed E-state index contributed by atoms with van der Waals surface area (Å²) in [6.07, 6.45) is 4.77. The zero-order valence-electron chi connectivity index (χ0n) is 8.08. The molecule has 2 heterocycles. The van der Waals surface area contributed by atoms with Crippen molar-refractivity contribution in [2.45, 2.75) is 18.9 Å². The maximum atomic E-state index is 5.35. The first kappa shape index (κ1) is 8.56. The average molecular weight is 181 g/mol. The topological polar surface area (TPSA) is 39.1 Å². The number of rotatable bonds is 2. The predicted molar refractivity (Wildman–Crippen MR) is 50.7 cm³/mol. The van der Waals surface area contributed by atoms with Gasteiger partial charge in [-0.15, -0.1) is 0 Å². The lowest BCUT2D eigenvalue weighted by atomic mass is 10.0. The fraction of sp³-hybridized carbons (Fsp3) is 0.667. The summed E-state index contributed by atoms with van der Waals surface area (Å²) in [6, 6.07) is 0. The summed E-state index contributed by atoms with van der Waals surface area (Å²) in [5, 5.41) is 3.39. The second-order valence-electron chi connectivity index (χ2n) is 3.85. The zero-order valence-corrected chi connectivity index (χ0v) is 8.08. The minimum absolute atomic E-state index is 0.0547. The van der Waals surface area contributed by atoms with Crippen molar-refractivity contribution in [3.63, 3.8) is 0 Å². The predicted octanol–water partition coefficient (Wildman–Crippen LogP) is 1.01. The van der Waals surface area contributed by atoms with Crippen LogP contribution in [-0.4, -0.2) is 28.3 Å². The molecule has 1 aliphatic heterocycles. The van der Waals surface area contributed by atoms with E-state index in [0.717, 1.165) is 25.6 Å². The molecule has 1 aromatic heterocycles. The van der Waals surface area contributed by atoms with Gasteiger partial charge in [0.05, 0.1) is 12.1 Å². The van der Waals surface area contributed by atoms with Gasteiger partial charge in [0.25, 0.3) is 0 Å². The highest BCUT2D eigenvalue weighted by atomic mass is 16.5. The van der Waals surface area contributed by atoms with Crippen LogP contribution in [0.25, 0.3) is 0 Å². The Labute approximate surface area is 77.9 Å². The van der Waals surface area contributed by atoms with Gasteiger partial charge in [-0.3, -0.25) is 0 Å². The van der Waals surface area contributed by atoms with Crippen molar-refractivity contribution in [3.8, 4) is 0 Å². The molecule has 0 aliphatic carbocycles. The van der Waals surface area contributed by atoms with E-state index in [4.69, 9.17) is 4.74 Å². The van der Waals surface area contributed by atoms with Crippen LogP contribution in [0.4, 0.5) is 5.95 Å². The normalized spacial score (nSPS) is 27.8. The van der Waals surface area contributed by atoms with E-state index in [0.29, 0.717) is 0 Å². The number of imidazole rings is 1. The number of anilines is 1. The lowest BCUT2D eigenvalue weighted by Crippen LogP contribution is -2.36. The molecule has 1 N–H and O–H groups in total. The van der Waals surface area contributed by atoms with Crippen molar-refractivity contribution in [1.82, 2.24) is 9.55 Å². The Morgan fingerprint density at radius 1 is 1.69 bits per heavy atom. The number of aryl methyl sites for hydroxylation is 1. The first-order chi connectivity index (χ1) is 6.20. The highest BCUT2D eigenvalue weighted by Gasteiger charge is 2.30. The van der Waals surface area contributed by atoms with E-state index in [1.165, 1.54) is 0 Å². The largest absolute Gasteiger partial charge is 0.379 e. The summed E-state index contributed by atoms with van der Waals surface area (Å²) in [6.45, 7) is 3.77. The Balaban J connectivity index is 2.09. The van der Waals surface area contributed by atoms with Gasteiger partial charge in [-0.2, -0.15) is 0 Å². The van der Waals surface area contributed by atoms with E-state index in [9.17, 15) is 0 Å². The van der Waals surface area contributed by atoms with Crippen LogP contribution >= 0.6 is 0 Å². The van der Waals surface area contributed by atoms with Crippen LogP contribution in [0, 0.1) is 0 Å². The summed E-state index contributed by atoms with van der Waals surface area (Å²) < 4.78 is 7.32. The monoisotopic (exact) mass is 181 g/mol. The summed E-state index contributed by atoms with van der Waals surface area (Å²) in [7, 11) is 1.98. The molecule has 1 unspecified atom stereocenters. The minimum Gasteiger partial charge on any atom is -0.379 e. The van der Waals surface area contributed by atoms with Crippen molar-refractivity contribution in [3.05, 3.63) is 12.4 Å². The molecule has 0 aromatic carbocycles. The second-order valence-corrected chi connectivity index (χ2v) is 3.85. The van der Waals surface area contributed by atoms with Gasteiger partial charge in [0.1, 0.15) is 0 Å². The van der Waals surface area contributed by atoms with Gasteiger partial charge in [-0.05, 0) is 13.3 Å². The van der Waals surface area contributed by atoms with Gasteiger partial charge >= 0.3 is 0 Å². The van der Waals surface area contributed by atoms with Gasteiger partial charge in [-0.1, -0.05) is 0 Å². The Hall–Kier alpha value is -1.03. The zero-order chi connectivity index (χ0) is 9.31. The van der Waals surface area contributed by atoms with Crippen LogP contribution in [-0.2, 0) is 11.8 Å². The van der Waals surface area contributed by atoms with Crippen molar-refractivity contribution < 1.29 is 4.74 Å². The van der Waals surface area contributed by atoms with Crippen LogP contribution in [0.3, 0.4) is 0 Å². The second kappa shape index (κ2) is 3.03. The molecule has 0 saturated carbocycles. The number of hydrogen-bond donors (Lipinski definition) is 1. The molecular formula is C9H15N3O. The molecular weight excluding hydrogens is 166 g/mol. The standard InChI is InChI=1S/C9H15N3O/c1-9(3-6-13-7-9)11-8-10-4-5-12(8)2/h4-5H,3,6-7H2,1-2H3,(H,10,11). The Kier molecular flexibility index (Phi) is 2.00. The Bertz CT molecular complexity index is 289. The highest BCUT2D eigenvalue weighted by Crippen LogP contribution is 2.22. The first-order valence-corrected chi connectivity index (χ1v) is 4.53. The third-order valence-electron chi connectivity index (χ3n) is 2.45. The fourth-order valence-electron chi connectivity index (χ4n) is 1.52. The molecule has 1 aromatic rings. The van der Waals surface area contributed by atoms with E-state index < -0.39 is 0 Å².